The number of rotatable bonds is 3. The molecule has 0 aromatic heterocycles. The molecule has 0 aromatic rings. The number of allylic oxidation sites excluding steroid dienone is 12. The van der Waals surface area contributed by atoms with Gasteiger partial charge in [-0.15, -0.1) is 0 Å². The van der Waals surface area contributed by atoms with Crippen LogP contribution in [0, 0.1) is 17.8 Å². The van der Waals surface area contributed by atoms with Crippen LogP contribution in [0.2, 0.25) is 0 Å². The minimum atomic E-state index is -2.33. The average molecular weight is 924 g/mol. The molecule has 18 heteroatoms. The number of carboxylic acid groups (broad SMARTS) is 1. The number of hydrogen-bond acceptors (Lipinski definition) is 17. The van der Waals surface area contributed by atoms with Crippen molar-refractivity contribution in [2.45, 2.75) is 177 Å². The summed E-state index contributed by atoms with van der Waals surface area (Å²) in [4.78, 5) is 25.1. The van der Waals surface area contributed by atoms with Crippen molar-refractivity contribution in [2.24, 2.45) is 23.5 Å². The number of carbonyl (C=O) groups is 2. The summed E-state index contributed by atoms with van der Waals surface area (Å²) < 4.78 is 23.1. The smallest absolute Gasteiger partial charge is 0.311 e. The first-order valence-corrected chi connectivity index (χ1v) is 22.3. The maximum Gasteiger partial charge on any atom is 0.311 e. The van der Waals surface area contributed by atoms with Crippen LogP contribution < -0.4 is 5.73 Å². The molecule has 3 rings (SSSR count). The van der Waals surface area contributed by atoms with Crippen molar-refractivity contribution >= 4 is 11.9 Å². The Morgan fingerprint density at radius 3 is 1.82 bits per heavy atom. The zero-order chi connectivity index (χ0) is 48.4. The molecule has 18 nitrogen and oxygen atoms in total. The second-order valence-electron chi connectivity index (χ2n) is 17.6. The van der Waals surface area contributed by atoms with E-state index in [0.717, 1.165) is 0 Å². The Labute approximate surface area is 381 Å². The third-order valence-corrected chi connectivity index (χ3v) is 12.0. The van der Waals surface area contributed by atoms with E-state index in [1.54, 1.807) is 80.7 Å². The number of aliphatic hydroxyl groups excluding tert-OH is 9. The van der Waals surface area contributed by atoms with Crippen LogP contribution in [-0.2, 0) is 28.5 Å². The predicted molar refractivity (Wildman–Crippen MR) is 237 cm³/mol. The van der Waals surface area contributed by atoms with E-state index in [2.05, 4.69) is 0 Å². The van der Waals surface area contributed by atoms with E-state index >= 15 is 0 Å². The van der Waals surface area contributed by atoms with Crippen LogP contribution in [-0.4, -0.2) is 166 Å². The van der Waals surface area contributed by atoms with Gasteiger partial charge in [-0.1, -0.05) is 98.9 Å². The summed E-state index contributed by atoms with van der Waals surface area (Å²) in [5.41, 5.74) is 6.02. The Morgan fingerprint density at radius 2 is 1.23 bits per heavy atom. The molecular weight excluding hydrogens is 851 g/mol. The minimum absolute atomic E-state index is 0.107. The van der Waals surface area contributed by atoms with Crippen molar-refractivity contribution in [1.29, 1.82) is 0 Å². The normalized spacial score (nSPS) is 45.5. The van der Waals surface area contributed by atoms with E-state index in [1.165, 1.54) is 13.0 Å². The second kappa shape index (κ2) is 27.4. The van der Waals surface area contributed by atoms with E-state index in [1.807, 2.05) is 19.1 Å². The van der Waals surface area contributed by atoms with Gasteiger partial charge in [-0.25, -0.2) is 0 Å². The molecule has 19 atom stereocenters. The molecule has 2 bridgehead atoms. The lowest BCUT2D eigenvalue weighted by molar-refractivity contribution is -0.308. The predicted octanol–water partition coefficient (Wildman–Crippen LogP) is 0.712. The van der Waals surface area contributed by atoms with Crippen molar-refractivity contribution < 1.29 is 84.7 Å². The summed E-state index contributed by atoms with van der Waals surface area (Å²) in [6.07, 6.45) is 3.46. The molecular formula is C47H73NO17. The average Bonchev–Trinajstić information content (AvgIpc) is 3.21. The van der Waals surface area contributed by atoms with Crippen LogP contribution in [0.5, 0.6) is 0 Å². The first-order valence-electron chi connectivity index (χ1n) is 22.3. The molecule has 0 spiro atoms. The zero-order valence-electron chi connectivity index (χ0n) is 37.6. The number of ether oxygens (including phenoxy) is 4. The van der Waals surface area contributed by atoms with Crippen molar-refractivity contribution in [2.75, 3.05) is 0 Å². The van der Waals surface area contributed by atoms with Crippen molar-refractivity contribution in [3.8, 4) is 0 Å². The van der Waals surface area contributed by atoms with Crippen LogP contribution in [0.25, 0.3) is 0 Å². The molecule has 13 N–H and O–H groups in total. The molecule has 0 unspecified atom stereocenters. The fourth-order valence-electron chi connectivity index (χ4n) is 7.97. The van der Waals surface area contributed by atoms with E-state index in [9.17, 15) is 65.8 Å². The number of nitrogens with two attached hydrogens (primary N) is 1. The third kappa shape index (κ3) is 18.6. The quantitative estimate of drug-likeness (QED) is 0.174. The molecule has 3 aliphatic rings. The van der Waals surface area contributed by atoms with Crippen LogP contribution >= 0.6 is 0 Å². The zero-order valence-corrected chi connectivity index (χ0v) is 37.6. The lowest BCUT2D eigenvalue weighted by Gasteiger charge is -2.45. The minimum Gasteiger partial charge on any atom is -0.481 e. The number of esters is 1. The standard InChI is InChI=1S/C47H73NO17/c1-27-17-15-13-11-9-7-5-6-8-10-12-14-16-18-34(64-46-44(58)41(48)43(57)30(4)63-46)24-38-40(45(59)60)37(54)26-47(61,65-38)25-33(51)22-36(53)35(52)20-19-31(49)21-32(50)23-39(55)62-29(3)28(2)42(27)56/h5-18,27-38,40-44,46,49-54,56-58,61H,19-26,48H2,1-4H3,(H,59,60)/b6-5+,9-7+,10-8+,13-11+,14-12+,17-15+,18-16+/t27-,28-,29-,30+,31+,32+,33-,34-,35+,36+,37-,38-,40+,41-,42+,43+,44-,46-,47-/m0/s1. The van der Waals surface area contributed by atoms with Crippen molar-refractivity contribution in [3.63, 3.8) is 0 Å². The number of carboxylic acids is 1. The lowest BCUT2D eigenvalue weighted by atomic mass is 9.82. The molecule has 2 saturated heterocycles. The van der Waals surface area contributed by atoms with Gasteiger partial charge in [0.05, 0.1) is 79.6 Å². The number of aliphatic hydroxyl groups is 10. The summed E-state index contributed by atoms with van der Waals surface area (Å²) in [5, 5.41) is 118. The monoisotopic (exact) mass is 923 g/mol. The van der Waals surface area contributed by atoms with Crippen molar-refractivity contribution in [3.05, 3.63) is 85.1 Å². The van der Waals surface area contributed by atoms with Gasteiger partial charge in [0, 0.05) is 37.5 Å². The fraction of sp³-hybridized carbons (Fsp3) is 0.660. The van der Waals surface area contributed by atoms with Gasteiger partial charge in [0.2, 0.25) is 0 Å². The molecule has 368 valence electrons. The molecule has 2 fully saturated rings. The molecule has 0 radical (unpaired) electrons. The SMILES string of the molecule is C[C@@H]1[C@H](O)[C@@H](C)/C=C/C=C/C=C/C=C/C=C/C=C/C=C/[C@H](O[C@@H]2O[C@H](C)[C@@H](O)[C@H](N)[C@@H]2O)C[C@@H]2O[C@@](O)(C[C@@H](O)C[C@@H](O)[C@H](O)CC[C@@H](O)C[C@@H](O)CC(=O)O[C@H]1C)C[C@H](O)[C@H]2C(=O)O. The topological polar surface area (TPSA) is 320 Å². The summed E-state index contributed by atoms with van der Waals surface area (Å²) in [6.45, 7) is 6.74. The maximum atomic E-state index is 12.6. The van der Waals surface area contributed by atoms with Crippen LogP contribution in [0.3, 0.4) is 0 Å². The van der Waals surface area contributed by atoms with Gasteiger partial charge in [0.1, 0.15) is 18.1 Å². The molecule has 3 aliphatic heterocycles. The van der Waals surface area contributed by atoms with E-state index in [0.29, 0.717) is 0 Å². The fourth-order valence-corrected chi connectivity index (χ4v) is 7.97. The number of fused-ring (bicyclic) bond motifs is 2. The van der Waals surface area contributed by atoms with Crippen LogP contribution in [0.1, 0.15) is 79.1 Å². The molecule has 65 heavy (non-hydrogen) atoms. The summed E-state index contributed by atoms with van der Waals surface area (Å²) >= 11 is 0. The van der Waals surface area contributed by atoms with E-state index in [4.69, 9.17) is 24.7 Å². The van der Waals surface area contributed by atoms with Gasteiger partial charge in [-0.2, -0.15) is 0 Å². The van der Waals surface area contributed by atoms with E-state index < -0.39 is 147 Å². The number of hydrogen-bond donors (Lipinski definition) is 12. The molecule has 3 heterocycles. The first kappa shape index (κ1) is 55.9. The molecule has 0 amide bonds. The largest absolute Gasteiger partial charge is 0.481 e. The highest BCUT2D eigenvalue weighted by atomic mass is 16.7. The summed E-state index contributed by atoms with van der Waals surface area (Å²) in [6, 6.07) is -1.15. The van der Waals surface area contributed by atoms with Crippen LogP contribution in [0.15, 0.2) is 85.1 Å². The Hall–Kier alpha value is -3.44. The molecule has 0 aliphatic carbocycles. The molecule has 0 saturated carbocycles. The number of aliphatic carboxylic acids is 1. The second-order valence-corrected chi connectivity index (χ2v) is 17.6. The number of cyclic esters (lactones) is 1. The highest BCUT2D eigenvalue weighted by molar-refractivity contribution is 5.71. The molecule has 0 aromatic carbocycles. The summed E-state index contributed by atoms with van der Waals surface area (Å²) in [7, 11) is 0. The highest BCUT2D eigenvalue weighted by Gasteiger charge is 2.51. The van der Waals surface area contributed by atoms with Gasteiger partial charge in [0.25, 0.3) is 0 Å². The third-order valence-electron chi connectivity index (χ3n) is 12.0. The van der Waals surface area contributed by atoms with Gasteiger partial charge in [-0.3, -0.25) is 9.59 Å². The van der Waals surface area contributed by atoms with Gasteiger partial charge >= 0.3 is 11.9 Å². The highest BCUT2D eigenvalue weighted by Crippen LogP contribution is 2.38. The van der Waals surface area contributed by atoms with E-state index in [-0.39, 0.29) is 31.6 Å². The van der Waals surface area contributed by atoms with Gasteiger partial charge in [0.15, 0.2) is 12.1 Å². The number of carbonyl (C=O) groups excluding carboxylic acids is 1. The first-order chi connectivity index (χ1) is 30.6. The Morgan fingerprint density at radius 1 is 0.662 bits per heavy atom. The van der Waals surface area contributed by atoms with Crippen LogP contribution in [0.4, 0.5) is 0 Å². The van der Waals surface area contributed by atoms with Crippen molar-refractivity contribution in [1.82, 2.24) is 0 Å². The summed E-state index contributed by atoms with van der Waals surface area (Å²) in [5.74, 6) is -6.83. The lowest BCUT2D eigenvalue weighted by Crippen LogP contribution is -2.61. The van der Waals surface area contributed by atoms with Gasteiger partial charge in [-0.05, 0) is 33.1 Å². The maximum absolute atomic E-state index is 12.6. The Kier molecular flexibility index (Phi) is 23.6. The Bertz CT molecular complexity index is 1670. The Balaban J connectivity index is 1.86. The van der Waals surface area contributed by atoms with Gasteiger partial charge < -0.3 is 80.9 Å².